The van der Waals surface area contributed by atoms with Crippen LogP contribution in [0.5, 0.6) is 5.75 Å². The summed E-state index contributed by atoms with van der Waals surface area (Å²) in [5, 5.41) is 0. The van der Waals surface area contributed by atoms with Gasteiger partial charge in [0.1, 0.15) is 5.75 Å². The second-order valence-corrected chi connectivity index (χ2v) is 11.2. The highest BCUT2D eigenvalue weighted by atomic mass is 33.1. The van der Waals surface area contributed by atoms with Crippen LogP contribution in [0, 0.1) is 6.92 Å². The fourth-order valence-electron chi connectivity index (χ4n) is 1.17. The van der Waals surface area contributed by atoms with E-state index >= 15 is 0 Å². The Morgan fingerprint density at radius 1 is 1.33 bits per heavy atom. The molecule has 1 unspecified atom stereocenters. The van der Waals surface area contributed by atoms with Gasteiger partial charge >= 0.3 is 5.77 Å². The summed E-state index contributed by atoms with van der Waals surface area (Å²) >= 11 is 2.75. The molecule has 0 saturated carbocycles. The molecule has 1 rings (SSSR count). The molecule has 0 N–H and O–H groups in total. The standard InChI is InChI=1S/C13H19O2PS2/c1-4-10-17-16(14,18-11-5-2)15-13-8-6-12(3)7-9-13/h4,6-9H,1,5,10-11H2,2-3H3. The molecule has 1 aromatic carbocycles. The molecule has 0 spiro atoms. The SMILES string of the molecule is C=CCSP(=O)(Oc1ccc(C)cc1)SCCC. The van der Waals surface area contributed by atoms with Crippen LogP contribution in [0.4, 0.5) is 0 Å². The molecule has 100 valence electrons. The molecular weight excluding hydrogens is 283 g/mol. The first kappa shape index (κ1) is 15.7. The predicted molar refractivity (Wildman–Crippen MR) is 84.8 cm³/mol. The topological polar surface area (TPSA) is 26.3 Å². The van der Waals surface area contributed by atoms with Gasteiger partial charge in [0, 0.05) is 11.5 Å². The fourth-order valence-corrected chi connectivity index (χ4v) is 7.45. The van der Waals surface area contributed by atoms with Gasteiger partial charge in [0.15, 0.2) is 0 Å². The van der Waals surface area contributed by atoms with E-state index in [1.165, 1.54) is 22.8 Å². The quantitative estimate of drug-likeness (QED) is 0.465. The van der Waals surface area contributed by atoms with Crippen molar-refractivity contribution in [3.8, 4) is 5.75 Å². The van der Waals surface area contributed by atoms with Crippen LogP contribution in [0.3, 0.4) is 0 Å². The molecule has 0 radical (unpaired) electrons. The first-order valence-electron chi connectivity index (χ1n) is 5.86. The highest BCUT2D eigenvalue weighted by molar-refractivity contribution is 8.89. The van der Waals surface area contributed by atoms with Crippen molar-refractivity contribution in [1.82, 2.24) is 0 Å². The zero-order valence-electron chi connectivity index (χ0n) is 10.8. The Kier molecular flexibility index (Phi) is 6.98. The maximum absolute atomic E-state index is 12.6. The van der Waals surface area contributed by atoms with Gasteiger partial charge < -0.3 is 4.52 Å². The minimum Gasteiger partial charge on any atom is -0.429 e. The molecule has 0 aromatic heterocycles. The molecule has 0 heterocycles. The van der Waals surface area contributed by atoms with Gasteiger partial charge in [0.25, 0.3) is 0 Å². The predicted octanol–water partition coefficient (Wildman–Crippen LogP) is 5.54. The molecule has 0 aliphatic rings. The molecule has 2 nitrogen and oxygen atoms in total. The normalized spacial score (nSPS) is 13.9. The van der Waals surface area contributed by atoms with E-state index in [2.05, 4.69) is 13.5 Å². The van der Waals surface area contributed by atoms with Crippen LogP contribution in [-0.4, -0.2) is 11.5 Å². The van der Waals surface area contributed by atoms with Gasteiger partial charge in [-0.2, -0.15) is 0 Å². The molecule has 0 aliphatic heterocycles. The van der Waals surface area contributed by atoms with Crippen molar-refractivity contribution in [2.45, 2.75) is 20.3 Å². The number of hydrogen-bond acceptors (Lipinski definition) is 4. The summed E-state index contributed by atoms with van der Waals surface area (Å²) in [6.45, 7) is 7.74. The molecule has 0 aliphatic carbocycles. The van der Waals surface area contributed by atoms with Gasteiger partial charge in [-0.1, -0.05) is 30.7 Å². The third-order valence-corrected chi connectivity index (χ3v) is 9.32. The Morgan fingerprint density at radius 3 is 2.56 bits per heavy atom. The first-order chi connectivity index (χ1) is 8.59. The van der Waals surface area contributed by atoms with Crippen molar-refractivity contribution in [3.05, 3.63) is 42.5 Å². The summed E-state index contributed by atoms with van der Waals surface area (Å²) in [6, 6.07) is 7.65. The van der Waals surface area contributed by atoms with Crippen LogP contribution in [0.15, 0.2) is 36.9 Å². The number of benzene rings is 1. The van der Waals surface area contributed by atoms with Crippen LogP contribution >= 0.6 is 28.5 Å². The van der Waals surface area contributed by atoms with Crippen LogP contribution < -0.4 is 4.52 Å². The van der Waals surface area contributed by atoms with Crippen molar-refractivity contribution in [2.75, 3.05) is 11.5 Å². The molecule has 18 heavy (non-hydrogen) atoms. The van der Waals surface area contributed by atoms with E-state index in [4.69, 9.17) is 4.52 Å². The molecule has 0 amide bonds. The van der Waals surface area contributed by atoms with Gasteiger partial charge in [0.05, 0.1) is 0 Å². The maximum Gasteiger partial charge on any atom is 0.360 e. The smallest absolute Gasteiger partial charge is 0.360 e. The Hall–Kier alpha value is -0.310. The first-order valence-corrected chi connectivity index (χ1v) is 10.7. The van der Waals surface area contributed by atoms with E-state index in [1.807, 2.05) is 31.2 Å². The van der Waals surface area contributed by atoms with Gasteiger partial charge in [0.2, 0.25) is 0 Å². The summed E-state index contributed by atoms with van der Waals surface area (Å²) in [5.74, 6) is -0.578. The van der Waals surface area contributed by atoms with E-state index < -0.39 is 5.77 Å². The monoisotopic (exact) mass is 302 g/mol. The lowest BCUT2D eigenvalue weighted by Gasteiger charge is -2.17. The second kappa shape index (κ2) is 7.98. The lowest BCUT2D eigenvalue weighted by molar-refractivity contribution is 0.515. The Bertz CT molecular complexity index is 418. The van der Waals surface area contributed by atoms with Crippen molar-refractivity contribution in [3.63, 3.8) is 0 Å². The molecule has 0 bridgehead atoms. The van der Waals surface area contributed by atoms with E-state index in [0.29, 0.717) is 11.5 Å². The van der Waals surface area contributed by atoms with Gasteiger partial charge in [-0.3, -0.25) is 4.57 Å². The number of aryl methyl sites for hydroxylation is 1. The summed E-state index contributed by atoms with van der Waals surface area (Å²) in [6.07, 6.45) is 2.74. The van der Waals surface area contributed by atoms with E-state index in [-0.39, 0.29) is 0 Å². The summed E-state index contributed by atoms with van der Waals surface area (Å²) in [4.78, 5) is 0. The van der Waals surface area contributed by atoms with Crippen LogP contribution in [0.2, 0.25) is 0 Å². The van der Waals surface area contributed by atoms with E-state index in [0.717, 1.165) is 17.7 Å². The van der Waals surface area contributed by atoms with Crippen molar-refractivity contribution >= 4 is 28.5 Å². The van der Waals surface area contributed by atoms with E-state index in [9.17, 15) is 4.57 Å². The molecular formula is C13H19O2PS2. The molecule has 1 aromatic rings. The van der Waals surface area contributed by atoms with Gasteiger partial charge in [-0.05, 0) is 48.2 Å². The molecule has 5 heteroatoms. The van der Waals surface area contributed by atoms with Crippen LogP contribution in [-0.2, 0) is 4.57 Å². The summed E-state index contributed by atoms with van der Waals surface area (Å²) in [5.41, 5.74) is 1.16. The lowest BCUT2D eigenvalue weighted by Crippen LogP contribution is -1.89. The molecule has 0 fully saturated rings. The Morgan fingerprint density at radius 2 is 2.00 bits per heavy atom. The van der Waals surface area contributed by atoms with Crippen molar-refractivity contribution < 1.29 is 9.09 Å². The lowest BCUT2D eigenvalue weighted by atomic mass is 10.2. The largest absolute Gasteiger partial charge is 0.429 e. The molecule has 0 saturated heterocycles. The number of rotatable bonds is 8. The van der Waals surface area contributed by atoms with Crippen LogP contribution in [0.25, 0.3) is 0 Å². The Balaban J connectivity index is 2.73. The average Bonchev–Trinajstić information content (AvgIpc) is 2.37. The zero-order valence-corrected chi connectivity index (χ0v) is 13.3. The van der Waals surface area contributed by atoms with Crippen molar-refractivity contribution in [1.29, 1.82) is 0 Å². The third-order valence-electron chi connectivity index (χ3n) is 2.04. The minimum atomic E-state index is -2.73. The van der Waals surface area contributed by atoms with Crippen molar-refractivity contribution in [2.24, 2.45) is 0 Å². The zero-order chi connectivity index (χ0) is 13.4. The average molecular weight is 302 g/mol. The minimum absolute atomic E-state index is 0.639. The second-order valence-electron chi connectivity index (χ2n) is 3.77. The fraction of sp³-hybridized carbons (Fsp3) is 0.385. The maximum atomic E-state index is 12.6. The van der Waals surface area contributed by atoms with Gasteiger partial charge in [-0.15, -0.1) is 6.58 Å². The highest BCUT2D eigenvalue weighted by Crippen LogP contribution is 2.69. The van der Waals surface area contributed by atoms with Gasteiger partial charge in [-0.25, -0.2) is 0 Å². The third kappa shape index (κ3) is 5.55. The van der Waals surface area contributed by atoms with E-state index in [1.54, 1.807) is 6.08 Å². The molecule has 1 atom stereocenters. The summed E-state index contributed by atoms with van der Waals surface area (Å²) in [7, 11) is 0. The Labute approximate surface area is 118 Å². The highest BCUT2D eigenvalue weighted by Gasteiger charge is 2.25. The number of hydrogen-bond donors (Lipinski definition) is 0. The summed E-state index contributed by atoms with van der Waals surface area (Å²) < 4.78 is 18.3. The van der Waals surface area contributed by atoms with Crippen LogP contribution in [0.1, 0.15) is 18.9 Å².